The van der Waals surface area contributed by atoms with Crippen LogP contribution >= 0.6 is 0 Å². The first-order chi connectivity index (χ1) is 16.7. The molecule has 9 heteroatoms. The zero-order valence-corrected chi connectivity index (χ0v) is 24.3. The molecule has 0 aromatic heterocycles. The smallest absolute Gasteiger partial charge is 0.343 e. The number of esters is 1. The highest BCUT2D eigenvalue weighted by Crippen LogP contribution is 2.44. The Balaban J connectivity index is 2.02. The molecule has 3 rings (SSSR count). The maximum Gasteiger partial charge on any atom is 0.343 e. The first-order valence-electron chi connectivity index (χ1n) is 12.9. The summed E-state index contributed by atoms with van der Waals surface area (Å²) >= 11 is 0. The molecule has 0 aliphatic carbocycles. The summed E-state index contributed by atoms with van der Waals surface area (Å²) in [6.07, 6.45) is -2.07. The molecule has 0 bridgehead atoms. The Morgan fingerprint density at radius 3 is 2.44 bits per heavy atom. The highest BCUT2D eigenvalue weighted by molar-refractivity contribution is 6.74. The zero-order valence-electron chi connectivity index (χ0n) is 23.3. The Hall–Kier alpha value is -1.33. The normalized spacial score (nSPS) is 31.0. The van der Waals surface area contributed by atoms with Crippen LogP contribution in [-0.2, 0) is 34.8 Å². The van der Waals surface area contributed by atoms with Gasteiger partial charge in [0.25, 0.3) is 0 Å². The molecule has 0 radical (unpaired) electrons. The average molecular weight is 524 g/mol. The van der Waals surface area contributed by atoms with Gasteiger partial charge in [-0.25, -0.2) is 4.79 Å². The summed E-state index contributed by atoms with van der Waals surface area (Å²) in [5.41, 5.74) is -0.529. The largest absolute Gasteiger partial charge is 0.467 e. The van der Waals surface area contributed by atoms with Gasteiger partial charge in [-0.2, -0.15) is 5.06 Å². The molecule has 2 aliphatic heterocycles. The van der Waals surface area contributed by atoms with Crippen LogP contribution in [0, 0.1) is 5.92 Å². The molecule has 8 nitrogen and oxygen atoms in total. The quantitative estimate of drug-likeness (QED) is 0.399. The number of hydroxylamine groups is 2. The van der Waals surface area contributed by atoms with E-state index in [-0.39, 0.29) is 29.5 Å². The number of hydrogen-bond acceptors (Lipinski definition) is 8. The molecule has 0 amide bonds. The van der Waals surface area contributed by atoms with Crippen molar-refractivity contribution in [3.05, 3.63) is 35.9 Å². The maximum absolute atomic E-state index is 13.2. The van der Waals surface area contributed by atoms with Crippen LogP contribution in [0.25, 0.3) is 0 Å². The fourth-order valence-electron chi connectivity index (χ4n) is 4.72. The van der Waals surface area contributed by atoms with E-state index in [1.54, 1.807) is 5.06 Å². The predicted molar refractivity (Wildman–Crippen MR) is 139 cm³/mol. The summed E-state index contributed by atoms with van der Waals surface area (Å²) in [6, 6.07) is 9.53. The summed E-state index contributed by atoms with van der Waals surface area (Å²) in [7, 11) is -0.843. The van der Waals surface area contributed by atoms with E-state index in [9.17, 15) is 9.90 Å². The lowest BCUT2D eigenvalue weighted by atomic mass is 9.82. The number of nitrogens with zero attached hydrogens (tertiary/aromatic N) is 1. The molecule has 36 heavy (non-hydrogen) atoms. The first kappa shape index (κ1) is 29.2. The Morgan fingerprint density at radius 2 is 1.89 bits per heavy atom. The van der Waals surface area contributed by atoms with Gasteiger partial charge in [0.15, 0.2) is 14.6 Å². The van der Waals surface area contributed by atoms with E-state index in [0.29, 0.717) is 13.2 Å². The van der Waals surface area contributed by atoms with Crippen LogP contribution in [0.3, 0.4) is 0 Å². The van der Waals surface area contributed by atoms with Crippen LogP contribution in [0.15, 0.2) is 30.3 Å². The monoisotopic (exact) mass is 523 g/mol. The van der Waals surface area contributed by atoms with Gasteiger partial charge in [-0.15, -0.1) is 0 Å². The van der Waals surface area contributed by atoms with Crippen molar-refractivity contribution < 1.29 is 33.4 Å². The van der Waals surface area contributed by atoms with Gasteiger partial charge >= 0.3 is 5.97 Å². The molecule has 2 saturated heterocycles. The fraction of sp³-hybridized carbons (Fsp3) is 0.741. The van der Waals surface area contributed by atoms with Crippen molar-refractivity contribution in [1.82, 2.24) is 5.06 Å². The van der Waals surface area contributed by atoms with E-state index in [1.165, 1.54) is 7.11 Å². The van der Waals surface area contributed by atoms with Gasteiger partial charge in [-0.1, -0.05) is 65.0 Å². The third-order valence-corrected chi connectivity index (χ3v) is 12.3. The molecular formula is C27H45NO7Si. The van der Waals surface area contributed by atoms with Gasteiger partial charge in [-0.3, -0.25) is 4.84 Å². The molecule has 0 unspecified atom stereocenters. The highest BCUT2D eigenvalue weighted by Gasteiger charge is 2.61. The number of carbonyl (C=O) groups excluding carboxylic acids is 1. The van der Waals surface area contributed by atoms with Crippen LogP contribution < -0.4 is 0 Å². The molecule has 6 atom stereocenters. The first-order valence-corrected chi connectivity index (χ1v) is 15.8. The molecule has 1 aromatic carbocycles. The Morgan fingerprint density at radius 1 is 1.25 bits per heavy atom. The zero-order chi connectivity index (χ0) is 26.9. The number of carbonyl (C=O) groups is 1. The van der Waals surface area contributed by atoms with Crippen LogP contribution in [0.4, 0.5) is 0 Å². The summed E-state index contributed by atoms with van der Waals surface area (Å²) in [5.74, 6) is -0.818. The van der Waals surface area contributed by atoms with E-state index >= 15 is 0 Å². The number of methoxy groups -OCH3 is 1. The highest BCUT2D eigenvalue weighted by atomic mass is 28.4. The summed E-state index contributed by atoms with van der Waals surface area (Å²) in [4.78, 5) is 19.6. The van der Waals surface area contributed by atoms with E-state index < -0.39 is 38.4 Å². The number of hydrogen-bond donors (Lipinski definition) is 1. The van der Waals surface area contributed by atoms with Crippen LogP contribution in [0.1, 0.15) is 53.5 Å². The Labute approximate surface area is 217 Å². The van der Waals surface area contributed by atoms with Crippen molar-refractivity contribution in [2.45, 2.75) is 109 Å². The molecule has 1 aromatic rings. The molecule has 204 valence electrons. The average Bonchev–Trinajstić information content (AvgIpc) is 3.19. The third-order valence-electron chi connectivity index (χ3n) is 7.83. The predicted octanol–water partition coefficient (Wildman–Crippen LogP) is 4.27. The number of aliphatic hydroxyl groups is 1. The molecule has 2 aliphatic rings. The molecule has 0 spiro atoms. The van der Waals surface area contributed by atoms with Crippen LogP contribution in [0.5, 0.6) is 0 Å². The number of aliphatic hydroxyl groups excluding tert-OH is 1. The lowest BCUT2D eigenvalue weighted by Gasteiger charge is -2.46. The second-order valence-electron chi connectivity index (χ2n) is 11.9. The molecular weight excluding hydrogens is 478 g/mol. The molecule has 1 N–H and O–H groups in total. The summed E-state index contributed by atoms with van der Waals surface area (Å²) in [6.45, 7) is 17.4. The fourth-order valence-corrected chi connectivity index (χ4v) is 6.03. The minimum Gasteiger partial charge on any atom is -0.467 e. The van der Waals surface area contributed by atoms with Crippen molar-refractivity contribution in [2.24, 2.45) is 5.92 Å². The standard InChI is InChI=1S/C27H45NO7Si/c1-18(2)24(29)27(25(30)31-7)15-21(28(35-27)16-20-13-11-10-12-14-20)23-22(17-32-19(3)33-23)34-36(8,9)26(4,5)6/h10-14,18-19,21-24,29H,15-17H2,1-9H3/t19-,21+,22-,23+,24-,27+/m1/s1. The summed E-state index contributed by atoms with van der Waals surface area (Å²) in [5, 5.41) is 13.0. The van der Waals surface area contributed by atoms with Crippen molar-refractivity contribution in [2.75, 3.05) is 13.7 Å². The van der Waals surface area contributed by atoms with Gasteiger partial charge in [0.05, 0.1) is 32.0 Å². The topological polar surface area (TPSA) is 86.7 Å². The molecule has 2 fully saturated rings. The van der Waals surface area contributed by atoms with E-state index in [0.717, 1.165) is 5.56 Å². The lowest BCUT2D eigenvalue weighted by Crippen LogP contribution is -2.58. The minimum absolute atomic E-state index is 0.000125. The van der Waals surface area contributed by atoms with Crippen LogP contribution in [-0.4, -0.2) is 74.4 Å². The Bertz CT molecular complexity index is 875. The number of benzene rings is 1. The van der Waals surface area contributed by atoms with Crippen molar-refractivity contribution in [1.29, 1.82) is 0 Å². The van der Waals surface area contributed by atoms with Gasteiger partial charge in [0, 0.05) is 13.0 Å². The van der Waals surface area contributed by atoms with Crippen LogP contribution in [0.2, 0.25) is 18.1 Å². The number of ether oxygens (including phenoxy) is 3. The second kappa shape index (κ2) is 11.2. The third kappa shape index (κ3) is 6.04. The van der Waals surface area contributed by atoms with E-state index in [1.807, 2.05) is 51.1 Å². The van der Waals surface area contributed by atoms with E-state index in [4.69, 9.17) is 23.5 Å². The van der Waals surface area contributed by atoms with Crippen molar-refractivity contribution in [3.63, 3.8) is 0 Å². The number of rotatable bonds is 8. The second-order valence-corrected chi connectivity index (χ2v) is 16.7. The van der Waals surface area contributed by atoms with Gasteiger partial charge in [-0.05, 0) is 36.5 Å². The molecule has 0 saturated carbocycles. The van der Waals surface area contributed by atoms with Crippen molar-refractivity contribution >= 4 is 14.3 Å². The lowest BCUT2D eigenvalue weighted by molar-refractivity contribution is -0.284. The van der Waals surface area contributed by atoms with Crippen molar-refractivity contribution in [3.8, 4) is 0 Å². The minimum atomic E-state index is -2.17. The SMILES string of the molecule is COC(=O)[C@@]1([C@H](O)C(C)C)C[C@@H]([C@@H]2O[C@H](C)OC[C@H]2O[Si](C)(C)C(C)(C)C)N(Cc2ccccc2)O1. The molecule has 2 heterocycles. The van der Waals surface area contributed by atoms with E-state index in [2.05, 4.69) is 33.9 Å². The maximum atomic E-state index is 13.2. The summed E-state index contributed by atoms with van der Waals surface area (Å²) < 4.78 is 24.2. The van der Waals surface area contributed by atoms with Gasteiger partial charge < -0.3 is 23.7 Å². The van der Waals surface area contributed by atoms with Gasteiger partial charge in [0.2, 0.25) is 5.60 Å². The van der Waals surface area contributed by atoms with Gasteiger partial charge in [0.1, 0.15) is 6.10 Å². The Kier molecular flexibility index (Phi) is 9.08.